The Morgan fingerprint density at radius 2 is 1.84 bits per heavy atom. The van der Waals surface area contributed by atoms with Gasteiger partial charge in [-0.25, -0.2) is 13.8 Å². The predicted octanol–water partition coefficient (Wildman–Crippen LogP) is 3.25. The quantitative estimate of drug-likeness (QED) is 0.905. The Balaban J connectivity index is 1.96. The number of hydrogen-bond acceptors (Lipinski definition) is 3. The van der Waals surface area contributed by atoms with E-state index in [4.69, 9.17) is 17.3 Å². The van der Waals surface area contributed by atoms with Crippen molar-refractivity contribution in [3.05, 3.63) is 52.7 Å². The molecule has 1 heterocycles. The fourth-order valence-electron chi connectivity index (χ4n) is 1.66. The van der Waals surface area contributed by atoms with Gasteiger partial charge in [-0.1, -0.05) is 11.6 Å². The Kier molecular flexibility index (Phi) is 4.16. The first-order chi connectivity index (χ1) is 9.04. The lowest BCUT2D eigenvalue weighted by Crippen LogP contribution is -2.07. The van der Waals surface area contributed by atoms with Gasteiger partial charge in [0.2, 0.25) is 0 Å². The number of rotatable bonds is 4. The van der Waals surface area contributed by atoms with Gasteiger partial charge in [-0.2, -0.15) is 0 Å². The first-order valence-electron chi connectivity index (χ1n) is 5.64. The molecule has 2 aromatic rings. The van der Waals surface area contributed by atoms with Crippen molar-refractivity contribution in [3.63, 3.8) is 0 Å². The molecule has 0 unspecified atom stereocenters. The van der Waals surface area contributed by atoms with Crippen LogP contribution in [0.1, 0.15) is 5.56 Å². The lowest BCUT2D eigenvalue weighted by Gasteiger charge is -2.08. The highest BCUT2D eigenvalue weighted by molar-refractivity contribution is 6.33. The molecule has 6 heteroatoms. The molecule has 0 aliphatic heterocycles. The summed E-state index contributed by atoms with van der Waals surface area (Å²) in [6.45, 7) is 0.458. The molecule has 100 valence electrons. The van der Waals surface area contributed by atoms with Gasteiger partial charge in [0.25, 0.3) is 0 Å². The Bertz CT molecular complexity index is 570. The molecule has 3 nitrogen and oxygen atoms in total. The second-order valence-corrected chi connectivity index (χ2v) is 4.46. The molecule has 0 bridgehead atoms. The van der Waals surface area contributed by atoms with Crippen LogP contribution < -0.4 is 11.1 Å². The van der Waals surface area contributed by atoms with E-state index < -0.39 is 11.6 Å². The summed E-state index contributed by atoms with van der Waals surface area (Å²) in [5.41, 5.74) is 6.56. The molecule has 0 radical (unpaired) electrons. The van der Waals surface area contributed by atoms with Crippen LogP contribution in [0.15, 0.2) is 30.5 Å². The van der Waals surface area contributed by atoms with Gasteiger partial charge in [-0.15, -0.1) is 0 Å². The summed E-state index contributed by atoms with van der Waals surface area (Å²) in [6, 6.07) is 5.01. The first-order valence-corrected chi connectivity index (χ1v) is 6.02. The monoisotopic (exact) mass is 283 g/mol. The van der Waals surface area contributed by atoms with E-state index in [2.05, 4.69) is 10.3 Å². The lowest BCUT2D eigenvalue weighted by molar-refractivity contribution is 0.580. The maximum atomic E-state index is 13.0. The third-order valence-corrected chi connectivity index (χ3v) is 2.78. The number of nitrogens with zero attached hydrogens (tertiary/aromatic N) is 1. The number of aromatic nitrogens is 1. The zero-order valence-electron chi connectivity index (χ0n) is 9.96. The number of pyridine rings is 1. The Hall–Kier alpha value is -1.88. The molecule has 3 N–H and O–H groups in total. The summed E-state index contributed by atoms with van der Waals surface area (Å²) in [5.74, 6) is -0.676. The average Bonchev–Trinajstić information content (AvgIpc) is 2.30. The van der Waals surface area contributed by atoms with Crippen LogP contribution >= 0.6 is 11.6 Å². The standard InChI is InChI=1S/C13H12ClF2N3/c14-12-6-11(17)7-19-13(12)18-2-1-8-3-9(15)5-10(16)4-8/h3-7H,1-2,17H2,(H,18,19). The molecule has 0 aliphatic carbocycles. The van der Waals surface area contributed by atoms with E-state index in [0.29, 0.717) is 35.1 Å². The van der Waals surface area contributed by atoms with E-state index in [9.17, 15) is 8.78 Å². The molecule has 1 aromatic heterocycles. The van der Waals surface area contributed by atoms with Gasteiger partial charge in [0.05, 0.1) is 16.9 Å². The van der Waals surface area contributed by atoms with Crippen LogP contribution in [-0.4, -0.2) is 11.5 Å². The molecular formula is C13H12ClF2N3. The van der Waals surface area contributed by atoms with E-state index in [1.807, 2.05) is 0 Å². The minimum absolute atomic E-state index is 0.408. The van der Waals surface area contributed by atoms with Crippen molar-refractivity contribution in [2.24, 2.45) is 0 Å². The third kappa shape index (κ3) is 3.79. The number of nitrogens with one attached hydrogen (secondary N) is 1. The topological polar surface area (TPSA) is 50.9 Å². The van der Waals surface area contributed by atoms with Crippen LogP contribution in [0.3, 0.4) is 0 Å². The fourth-order valence-corrected chi connectivity index (χ4v) is 1.90. The van der Waals surface area contributed by atoms with Crippen LogP contribution in [0.25, 0.3) is 0 Å². The van der Waals surface area contributed by atoms with Crippen LogP contribution in [-0.2, 0) is 6.42 Å². The summed E-state index contributed by atoms with van der Waals surface area (Å²) in [6.07, 6.45) is 1.94. The van der Waals surface area contributed by atoms with Crippen molar-refractivity contribution in [1.29, 1.82) is 0 Å². The van der Waals surface area contributed by atoms with E-state index in [0.717, 1.165) is 6.07 Å². The molecule has 0 saturated carbocycles. The highest BCUT2D eigenvalue weighted by Gasteiger charge is 2.03. The number of anilines is 2. The number of nitrogens with two attached hydrogens (primary N) is 1. The minimum Gasteiger partial charge on any atom is -0.397 e. The predicted molar refractivity (Wildman–Crippen MR) is 72.2 cm³/mol. The normalized spacial score (nSPS) is 10.5. The number of benzene rings is 1. The van der Waals surface area contributed by atoms with Crippen LogP contribution in [0, 0.1) is 11.6 Å². The molecule has 0 amide bonds. The van der Waals surface area contributed by atoms with Gasteiger partial charge in [0.15, 0.2) is 0 Å². The summed E-state index contributed by atoms with van der Waals surface area (Å²) in [5, 5.41) is 3.39. The summed E-state index contributed by atoms with van der Waals surface area (Å²) in [4.78, 5) is 4.03. The van der Waals surface area contributed by atoms with E-state index >= 15 is 0 Å². The van der Waals surface area contributed by atoms with E-state index in [-0.39, 0.29) is 0 Å². The maximum absolute atomic E-state index is 13.0. The summed E-state index contributed by atoms with van der Waals surface area (Å²) >= 11 is 5.94. The molecule has 0 atom stereocenters. The van der Waals surface area contributed by atoms with Crippen LogP contribution in [0.4, 0.5) is 20.3 Å². The highest BCUT2D eigenvalue weighted by Crippen LogP contribution is 2.20. The fraction of sp³-hybridized carbons (Fsp3) is 0.154. The highest BCUT2D eigenvalue weighted by atomic mass is 35.5. The molecule has 0 aliphatic rings. The van der Waals surface area contributed by atoms with Crippen molar-refractivity contribution in [2.75, 3.05) is 17.6 Å². The van der Waals surface area contributed by atoms with E-state index in [1.165, 1.54) is 18.3 Å². The molecule has 19 heavy (non-hydrogen) atoms. The van der Waals surface area contributed by atoms with Crippen molar-refractivity contribution in [2.45, 2.75) is 6.42 Å². The number of nitrogen functional groups attached to an aromatic ring is 1. The van der Waals surface area contributed by atoms with Crippen molar-refractivity contribution in [3.8, 4) is 0 Å². The molecule has 0 fully saturated rings. The van der Waals surface area contributed by atoms with Crippen LogP contribution in [0.2, 0.25) is 5.02 Å². The van der Waals surface area contributed by atoms with Gasteiger partial charge in [0.1, 0.15) is 17.5 Å². The average molecular weight is 284 g/mol. The molecule has 2 rings (SSSR count). The third-order valence-electron chi connectivity index (χ3n) is 2.49. The SMILES string of the molecule is Nc1cnc(NCCc2cc(F)cc(F)c2)c(Cl)c1. The number of halogens is 3. The number of hydrogen-bond donors (Lipinski definition) is 2. The second kappa shape index (κ2) is 5.84. The Morgan fingerprint density at radius 1 is 1.16 bits per heavy atom. The zero-order valence-corrected chi connectivity index (χ0v) is 10.7. The smallest absolute Gasteiger partial charge is 0.144 e. The Morgan fingerprint density at radius 3 is 2.47 bits per heavy atom. The molecular weight excluding hydrogens is 272 g/mol. The Labute approximate surface area is 114 Å². The van der Waals surface area contributed by atoms with Crippen LogP contribution in [0.5, 0.6) is 0 Å². The molecule has 0 saturated heterocycles. The van der Waals surface area contributed by atoms with Gasteiger partial charge >= 0.3 is 0 Å². The van der Waals surface area contributed by atoms with Gasteiger partial charge in [-0.3, -0.25) is 0 Å². The van der Waals surface area contributed by atoms with E-state index in [1.54, 1.807) is 6.07 Å². The minimum atomic E-state index is -0.585. The molecule has 0 spiro atoms. The van der Waals surface area contributed by atoms with Gasteiger partial charge < -0.3 is 11.1 Å². The molecule has 1 aromatic carbocycles. The maximum Gasteiger partial charge on any atom is 0.144 e. The van der Waals surface area contributed by atoms with Gasteiger partial charge in [-0.05, 0) is 30.2 Å². The first kappa shape index (κ1) is 13.5. The van der Waals surface area contributed by atoms with Crippen molar-refractivity contribution >= 4 is 23.1 Å². The van der Waals surface area contributed by atoms with Gasteiger partial charge in [0, 0.05) is 12.6 Å². The van der Waals surface area contributed by atoms with Crippen molar-refractivity contribution < 1.29 is 8.78 Å². The zero-order chi connectivity index (χ0) is 13.8. The summed E-state index contributed by atoms with van der Waals surface area (Å²) in [7, 11) is 0. The largest absolute Gasteiger partial charge is 0.397 e. The van der Waals surface area contributed by atoms with Crippen molar-refractivity contribution in [1.82, 2.24) is 4.98 Å². The lowest BCUT2D eigenvalue weighted by atomic mass is 10.1. The second-order valence-electron chi connectivity index (χ2n) is 4.05. The summed E-state index contributed by atoms with van der Waals surface area (Å²) < 4.78 is 26.0.